The zero-order chi connectivity index (χ0) is 13.3. The molecule has 4 nitrogen and oxygen atoms in total. The van der Waals surface area contributed by atoms with Crippen molar-refractivity contribution in [3.8, 4) is 0 Å². The number of hydrogen-bond donors (Lipinski definition) is 1. The molecule has 18 heavy (non-hydrogen) atoms. The highest BCUT2D eigenvalue weighted by molar-refractivity contribution is 5.95. The number of rotatable bonds is 1. The summed E-state index contributed by atoms with van der Waals surface area (Å²) in [6, 6.07) is 3.84. The molecule has 2 N–H and O–H groups in total. The highest BCUT2D eigenvalue weighted by Gasteiger charge is 2.27. The smallest absolute Gasteiger partial charge is 0.255 e. The van der Waals surface area contributed by atoms with Crippen LogP contribution in [0, 0.1) is 19.8 Å². The molecule has 1 fully saturated rings. The fourth-order valence-corrected chi connectivity index (χ4v) is 2.65. The minimum absolute atomic E-state index is 0.0574. The molecular weight excluding hydrogens is 226 g/mol. The summed E-state index contributed by atoms with van der Waals surface area (Å²) in [5, 5.41) is 0. The lowest BCUT2D eigenvalue weighted by Gasteiger charge is -2.35. The van der Waals surface area contributed by atoms with Gasteiger partial charge >= 0.3 is 0 Å². The minimum atomic E-state index is 0.0574. The van der Waals surface area contributed by atoms with Crippen LogP contribution >= 0.6 is 0 Å². The second-order valence-corrected chi connectivity index (χ2v) is 5.40. The number of amides is 1. The van der Waals surface area contributed by atoms with Crippen molar-refractivity contribution in [3.63, 3.8) is 0 Å². The van der Waals surface area contributed by atoms with Crippen LogP contribution < -0.4 is 5.73 Å². The molecule has 2 atom stereocenters. The first-order valence-electron chi connectivity index (χ1n) is 6.46. The van der Waals surface area contributed by atoms with E-state index in [9.17, 15) is 4.79 Å². The SMILES string of the molecule is Cc1ccc(C(=O)N2CC(C)CC(N)C2)c(C)n1. The molecule has 1 aromatic rings. The Morgan fingerprint density at radius 1 is 1.39 bits per heavy atom. The summed E-state index contributed by atoms with van der Waals surface area (Å²) in [7, 11) is 0. The topological polar surface area (TPSA) is 59.2 Å². The van der Waals surface area contributed by atoms with Gasteiger partial charge in [0, 0.05) is 24.8 Å². The van der Waals surface area contributed by atoms with Gasteiger partial charge < -0.3 is 10.6 Å². The molecular formula is C14H21N3O. The number of aromatic nitrogens is 1. The van der Waals surface area contributed by atoms with Gasteiger partial charge in [0.1, 0.15) is 0 Å². The van der Waals surface area contributed by atoms with Crippen LogP contribution in [0.4, 0.5) is 0 Å². The van der Waals surface area contributed by atoms with Crippen molar-refractivity contribution >= 4 is 5.91 Å². The third kappa shape index (κ3) is 2.70. The van der Waals surface area contributed by atoms with Crippen molar-refractivity contribution in [1.82, 2.24) is 9.88 Å². The molecule has 1 aliphatic heterocycles. The summed E-state index contributed by atoms with van der Waals surface area (Å²) < 4.78 is 0. The van der Waals surface area contributed by atoms with E-state index in [0.29, 0.717) is 18.0 Å². The molecule has 4 heteroatoms. The lowest BCUT2D eigenvalue weighted by atomic mass is 9.96. The molecule has 0 saturated carbocycles. The summed E-state index contributed by atoms with van der Waals surface area (Å²) in [6.07, 6.45) is 0.995. The van der Waals surface area contributed by atoms with Crippen LogP contribution in [0.3, 0.4) is 0 Å². The average molecular weight is 247 g/mol. The summed E-state index contributed by atoms with van der Waals surface area (Å²) in [5.41, 5.74) is 8.42. The highest BCUT2D eigenvalue weighted by atomic mass is 16.2. The van der Waals surface area contributed by atoms with Crippen LogP contribution in [0.1, 0.15) is 35.1 Å². The van der Waals surface area contributed by atoms with Gasteiger partial charge in [0.15, 0.2) is 0 Å². The van der Waals surface area contributed by atoms with Gasteiger partial charge in [0.25, 0.3) is 5.91 Å². The van der Waals surface area contributed by atoms with Crippen molar-refractivity contribution < 1.29 is 4.79 Å². The van der Waals surface area contributed by atoms with Crippen molar-refractivity contribution in [3.05, 3.63) is 29.1 Å². The third-order valence-corrected chi connectivity index (χ3v) is 3.43. The molecule has 0 aliphatic carbocycles. The van der Waals surface area contributed by atoms with E-state index in [1.165, 1.54) is 0 Å². The first-order chi connectivity index (χ1) is 8.47. The van der Waals surface area contributed by atoms with Gasteiger partial charge in [0.05, 0.1) is 11.3 Å². The number of aryl methyl sites for hydroxylation is 2. The normalized spacial score (nSPS) is 24.1. The van der Waals surface area contributed by atoms with Crippen molar-refractivity contribution in [2.24, 2.45) is 11.7 Å². The van der Waals surface area contributed by atoms with Crippen LogP contribution in [0.25, 0.3) is 0 Å². The number of carbonyl (C=O) groups is 1. The van der Waals surface area contributed by atoms with E-state index in [2.05, 4.69) is 11.9 Å². The number of carbonyl (C=O) groups excluding carboxylic acids is 1. The standard InChI is InChI=1S/C14H21N3O/c1-9-6-12(15)8-17(7-9)14(18)13-5-4-10(2)16-11(13)3/h4-5,9,12H,6-8,15H2,1-3H3. The summed E-state index contributed by atoms with van der Waals surface area (Å²) >= 11 is 0. The Morgan fingerprint density at radius 3 is 2.72 bits per heavy atom. The lowest BCUT2D eigenvalue weighted by Crippen LogP contribution is -2.49. The van der Waals surface area contributed by atoms with Crippen molar-refractivity contribution in [2.75, 3.05) is 13.1 Å². The Kier molecular flexibility index (Phi) is 3.66. The predicted octanol–water partition coefficient (Wildman–Crippen LogP) is 1.51. The van der Waals surface area contributed by atoms with E-state index in [0.717, 1.165) is 24.4 Å². The highest BCUT2D eigenvalue weighted by Crippen LogP contribution is 2.18. The van der Waals surface area contributed by atoms with E-state index < -0.39 is 0 Å². The fourth-order valence-electron chi connectivity index (χ4n) is 2.65. The molecule has 98 valence electrons. The van der Waals surface area contributed by atoms with Crippen molar-refractivity contribution in [2.45, 2.75) is 33.2 Å². The van der Waals surface area contributed by atoms with Crippen LogP contribution in [0.2, 0.25) is 0 Å². The number of likely N-dealkylation sites (tertiary alicyclic amines) is 1. The predicted molar refractivity (Wildman–Crippen MR) is 71.4 cm³/mol. The largest absolute Gasteiger partial charge is 0.337 e. The number of pyridine rings is 1. The van der Waals surface area contributed by atoms with Gasteiger partial charge in [-0.15, -0.1) is 0 Å². The van der Waals surface area contributed by atoms with Crippen LogP contribution in [0.5, 0.6) is 0 Å². The molecule has 1 amide bonds. The maximum absolute atomic E-state index is 12.5. The lowest BCUT2D eigenvalue weighted by molar-refractivity contribution is 0.0659. The molecule has 0 radical (unpaired) electrons. The van der Waals surface area contributed by atoms with E-state index >= 15 is 0 Å². The molecule has 2 rings (SSSR count). The van der Waals surface area contributed by atoms with E-state index in [1.54, 1.807) is 0 Å². The summed E-state index contributed by atoms with van der Waals surface area (Å²) in [4.78, 5) is 18.7. The van der Waals surface area contributed by atoms with E-state index in [4.69, 9.17) is 5.73 Å². The Balaban J connectivity index is 2.20. The van der Waals surface area contributed by atoms with Gasteiger partial charge in [0.2, 0.25) is 0 Å². The fraction of sp³-hybridized carbons (Fsp3) is 0.571. The number of nitrogens with zero attached hydrogens (tertiary/aromatic N) is 2. The maximum Gasteiger partial charge on any atom is 0.255 e. The number of piperidine rings is 1. The molecule has 2 heterocycles. The molecule has 0 bridgehead atoms. The Hall–Kier alpha value is -1.42. The minimum Gasteiger partial charge on any atom is -0.337 e. The van der Waals surface area contributed by atoms with E-state index in [-0.39, 0.29) is 11.9 Å². The summed E-state index contributed by atoms with van der Waals surface area (Å²) in [6.45, 7) is 7.39. The van der Waals surface area contributed by atoms with Crippen LogP contribution in [-0.4, -0.2) is 34.9 Å². The molecule has 0 aromatic carbocycles. The number of hydrogen-bond acceptors (Lipinski definition) is 3. The molecule has 0 spiro atoms. The Morgan fingerprint density at radius 2 is 2.11 bits per heavy atom. The van der Waals surface area contributed by atoms with Gasteiger partial charge in [-0.05, 0) is 38.3 Å². The first kappa shape index (κ1) is 13.0. The molecule has 2 unspecified atom stereocenters. The van der Waals surface area contributed by atoms with Crippen molar-refractivity contribution in [1.29, 1.82) is 0 Å². The average Bonchev–Trinajstić information content (AvgIpc) is 2.26. The first-order valence-corrected chi connectivity index (χ1v) is 6.46. The van der Waals surface area contributed by atoms with Crippen LogP contribution in [-0.2, 0) is 0 Å². The summed E-state index contributed by atoms with van der Waals surface area (Å²) in [5.74, 6) is 0.526. The third-order valence-electron chi connectivity index (χ3n) is 3.43. The number of nitrogens with two attached hydrogens (primary N) is 1. The quantitative estimate of drug-likeness (QED) is 0.818. The Labute approximate surface area is 108 Å². The van der Waals surface area contributed by atoms with Gasteiger partial charge in [-0.25, -0.2) is 0 Å². The molecule has 1 aliphatic rings. The molecule has 1 saturated heterocycles. The second kappa shape index (κ2) is 5.06. The zero-order valence-electron chi connectivity index (χ0n) is 11.3. The van der Waals surface area contributed by atoms with Gasteiger partial charge in [-0.2, -0.15) is 0 Å². The monoisotopic (exact) mass is 247 g/mol. The van der Waals surface area contributed by atoms with Gasteiger partial charge in [-0.1, -0.05) is 6.92 Å². The van der Waals surface area contributed by atoms with Gasteiger partial charge in [-0.3, -0.25) is 9.78 Å². The molecule has 1 aromatic heterocycles. The maximum atomic E-state index is 12.5. The second-order valence-electron chi connectivity index (χ2n) is 5.40. The van der Waals surface area contributed by atoms with Crippen LogP contribution in [0.15, 0.2) is 12.1 Å². The Bertz CT molecular complexity index is 448. The van der Waals surface area contributed by atoms with E-state index in [1.807, 2.05) is 30.9 Å². The zero-order valence-corrected chi connectivity index (χ0v) is 11.3.